The van der Waals surface area contributed by atoms with Crippen LogP contribution in [-0.2, 0) is 4.79 Å². The van der Waals surface area contributed by atoms with Crippen molar-refractivity contribution in [3.63, 3.8) is 0 Å². The van der Waals surface area contributed by atoms with Gasteiger partial charge in [0.05, 0.1) is 23.5 Å². The van der Waals surface area contributed by atoms with Crippen LogP contribution in [0.4, 0.5) is 5.82 Å². The first-order chi connectivity index (χ1) is 8.58. The van der Waals surface area contributed by atoms with E-state index in [-0.39, 0.29) is 12.0 Å². The highest BCUT2D eigenvalue weighted by atomic mass is 16.4. The molecule has 0 radical (unpaired) electrons. The number of carboxylic acid groups (broad SMARTS) is 1. The van der Waals surface area contributed by atoms with E-state index in [2.05, 4.69) is 15.3 Å². The second-order valence-corrected chi connectivity index (χ2v) is 4.91. The molecule has 1 heterocycles. The van der Waals surface area contributed by atoms with Crippen molar-refractivity contribution in [1.82, 2.24) is 9.97 Å². The quantitative estimate of drug-likeness (QED) is 0.858. The fourth-order valence-corrected chi connectivity index (χ4v) is 2.40. The minimum absolute atomic E-state index is 0.0346. The molecule has 0 spiro atoms. The molecule has 1 aromatic rings. The molecular weight excluding hydrogens is 230 g/mol. The fraction of sp³-hybridized carbons (Fsp3) is 0.615. The number of anilines is 1. The number of aliphatic carboxylic acids is 1. The van der Waals surface area contributed by atoms with E-state index in [4.69, 9.17) is 0 Å². The third kappa shape index (κ3) is 2.78. The molecule has 0 bridgehead atoms. The van der Waals surface area contributed by atoms with Crippen molar-refractivity contribution in [2.75, 3.05) is 5.32 Å². The molecule has 5 heteroatoms. The maximum atomic E-state index is 11.2. The lowest BCUT2D eigenvalue weighted by molar-refractivity contribution is -0.143. The van der Waals surface area contributed by atoms with Crippen molar-refractivity contribution in [1.29, 1.82) is 0 Å². The van der Waals surface area contributed by atoms with Gasteiger partial charge in [-0.1, -0.05) is 12.8 Å². The van der Waals surface area contributed by atoms with Gasteiger partial charge >= 0.3 is 5.97 Å². The Balaban J connectivity index is 2.10. The van der Waals surface area contributed by atoms with Crippen molar-refractivity contribution >= 4 is 11.8 Å². The summed E-state index contributed by atoms with van der Waals surface area (Å²) < 4.78 is 0. The van der Waals surface area contributed by atoms with E-state index in [1.54, 1.807) is 6.20 Å². The summed E-state index contributed by atoms with van der Waals surface area (Å²) in [5, 5.41) is 12.4. The van der Waals surface area contributed by atoms with Gasteiger partial charge in [-0.15, -0.1) is 0 Å². The summed E-state index contributed by atoms with van der Waals surface area (Å²) in [6, 6.07) is -0.0346. The Hall–Kier alpha value is -1.65. The summed E-state index contributed by atoms with van der Waals surface area (Å²) in [6.45, 7) is 3.82. The molecule has 1 aliphatic rings. The molecule has 1 saturated carbocycles. The number of aromatic nitrogens is 2. The van der Waals surface area contributed by atoms with Crippen LogP contribution in [0.3, 0.4) is 0 Å². The fourth-order valence-electron chi connectivity index (χ4n) is 2.40. The topological polar surface area (TPSA) is 75.1 Å². The van der Waals surface area contributed by atoms with Crippen LogP contribution in [0.5, 0.6) is 0 Å². The van der Waals surface area contributed by atoms with E-state index >= 15 is 0 Å². The van der Waals surface area contributed by atoms with Gasteiger partial charge in [0, 0.05) is 6.04 Å². The Kier molecular flexibility index (Phi) is 3.79. The normalized spacial score (nSPS) is 23.7. The van der Waals surface area contributed by atoms with Crippen LogP contribution in [0.25, 0.3) is 0 Å². The molecule has 1 fully saturated rings. The average Bonchev–Trinajstić information content (AvgIpc) is 2.34. The molecule has 2 atom stereocenters. The number of rotatable bonds is 3. The Morgan fingerprint density at radius 1 is 1.33 bits per heavy atom. The SMILES string of the molecule is Cc1ncc(NC2CCCCC2C(=O)O)nc1C. The molecule has 1 aliphatic carbocycles. The number of carbonyl (C=O) groups is 1. The van der Waals surface area contributed by atoms with Crippen LogP contribution in [0.2, 0.25) is 0 Å². The zero-order valence-corrected chi connectivity index (χ0v) is 10.8. The van der Waals surface area contributed by atoms with E-state index in [0.29, 0.717) is 5.82 Å². The second-order valence-electron chi connectivity index (χ2n) is 4.91. The first-order valence-corrected chi connectivity index (χ1v) is 6.37. The highest BCUT2D eigenvalue weighted by Crippen LogP contribution is 2.27. The van der Waals surface area contributed by atoms with Crippen molar-refractivity contribution in [2.24, 2.45) is 5.92 Å². The third-order valence-corrected chi connectivity index (χ3v) is 3.61. The summed E-state index contributed by atoms with van der Waals surface area (Å²) >= 11 is 0. The lowest BCUT2D eigenvalue weighted by Crippen LogP contribution is -2.37. The van der Waals surface area contributed by atoms with Gasteiger partial charge in [0.25, 0.3) is 0 Å². The molecule has 0 aliphatic heterocycles. The maximum absolute atomic E-state index is 11.2. The minimum atomic E-state index is -0.719. The van der Waals surface area contributed by atoms with Crippen molar-refractivity contribution < 1.29 is 9.90 Å². The van der Waals surface area contributed by atoms with Gasteiger partial charge in [0.2, 0.25) is 0 Å². The molecule has 18 heavy (non-hydrogen) atoms. The number of nitrogens with zero attached hydrogens (tertiary/aromatic N) is 2. The van der Waals surface area contributed by atoms with Crippen LogP contribution >= 0.6 is 0 Å². The largest absolute Gasteiger partial charge is 0.481 e. The lowest BCUT2D eigenvalue weighted by Gasteiger charge is -2.29. The summed E-state index contributed by atoms with van der Waals surface area (Å²) in [4.78, 5) is 19.8. The Labute approximate surface area is 107 Å². The number of hydrogen-bond donors (Lipinski definition) is 2. The van der Waals surface area contributed by atoms with Gasteiger partial charge in [0.15, 0.2) is 0 Å². The number of aryl methyl sites for hydroxylation is 2. The van der Waals surface area contributed by atoms with E-state index in [1.165, 1.54) is 0 Å². The predicted octanol–water partition coefficient (Wildman–Crippen LogP) is 2.15. The Morgan fingerprint density at radius 2 is 2.06 bits per heavy atom. The standard InChI is InChI=1S/C13H19N3O2/c1-8-9(2)15-12(7-14-8)16-11-6-4-3-5-10(11)13(17)18/h7,10-11H,3-6H2,1-2H3,(H,15,16)(H,17,18). The van der Waals surface area contributed by atoms with Crippen LogP contribution in [-0.4, -0.2) is 27.1 Å². The van der Waals surface area contributed by atoms with Gasteiger partial charge < -0.3 is 10.4 Å². The van der Waals surface area contributed by atoms with Crippen LogP contribution in [0, 0.1) is 19.8 Å². The first-order valence-electron chi connectivity index (χ1n) is 6.37. The average molecular weight is 249 g/mol. The summed E-state index contributed by atoms with van der Waals surface area (Å²) in [7, 11) is 0. The summed E-state index contributed by atoms with van der Waals surface area (Å²) in [5.74, 6) is -0.359. The number of hydrogen-bond acceptors (Lipinski definition) is 4. The summed E-state index contributed by atoms with van der Waals surface area (Å²) in [5.41, 5.74) is 1.78. The van der Waals surface area contributed by atoms with Crippen LogP contribution in [0.1, 0.15) is 37.1 Å². The molecule has 0 amide bonds. The Bertz CT molecular complexity index is 448. The van der Waals surface area contributed by atoms with E-state index in [0.717, 1.165) is 37.1 Å². The Morgan fingerprint density at radius 3 is 2.72 bits per heavy atom. The zero-order valence-electron chi connectivity index (χ0n) is 10.8. The smallest absolute Gasteiger partial charge is 0.308 e. The maximum Gasteiger partial charge on any atom is 0.308 e. The molecule has 5 nitrogen and oxygen atoms in total. The molecule has 2 unspecified atom stereocenters. The van der Waals surface area contributed by atoms with E-state index < -0.39 is 5.97 Å². The van der Waals surface area contributed by atoms with Crippen molar-refractivity contribution in [2.45, 2.75) is 45.6 Å². The molecule has 1 aromatic heterocycles. The van der Waals surface area contributed by atoms with Gasteiger partial charge in [-0.05, 0) is 26.7 Å². The first kappa shape index (κ1) is 12.8. The predicted molar refractivity (Wildman–Crippen MR) is 68.5 cm³/mol. The highest BCUT2D eigenvalue weighted by Gasteiger charge is 2.30. The third-order valence-electron chi connectivity index (χ3n) is 3.61. The number of nitrogens with one attached hydrogen (secondary N) is 1. The van der Waals surface area contributed by atoms with Crippen LogP contribution < -0.4 is 5.32 Å². The van der Waals surface area contributed by atoms with Crippen molar-refractivity contribution in [3.8, 4) is 0 Å². The molecule has 2 N–H and O–H groups in total. The van der Waals surface area contributed by atoms with Gasteiger partial charge in [0.1, 0.15) is 5.82 Å². The van der Waals surface area contributed by atoms with E-state index in [9.17, 15) is 9.90 Å². The van der Waals surface area contributed by atoms with Gasteiger partial charge in [-0.2, -0.15) is 0 Å². The van der Waals surface area contributed by atoms with Gasteiger partial charge in [-0.3, -0.25) is 9.78 Å². The van der Waals surface area contributed by atoms with Gasteiger partial charge in [-0.25, -0.2) is 4.98 Å². The minimum Gasteiger partial charge on any atom is -0.481 e. The van der Waals surface area contributed by atoms with Crippen molar-refractivity contribution in [3.05, 3.63) is 17.6 Å². The molecule has 2 rings (SSSR count). The number of carboxylic acids is 1. The highest BCUT2D eigenvalue weighted by molar-refractivity contribution is 5.71. The molecule has 0 aromatic carbocycles. The van der Waals surface area contributed by atoms with Crippen LogP contribution in [0.15, 0.2) is 6.20 Å². The molecule has 0 saturated heterocycles. The summed E-state index contributed by atoms with van der Waals surface area (Å²) in [6.07, 6.45) is 5.36. The molecule has 98 valence electrons. The van der Waals surface area contributed by atoms with E-state index in [1.807, 2.05) is 13.8 Å². The molecular formula is C13H19N3O2. The zero-order chi connectivity index (χ0) is 13.1. The second kappa shape index (κ2) is 5.33. The lowest BCUT2D eigenvalue weighted by atomic mass is 9.84. The monoisotopic (exact) mass is 249 g/mol.